The zero-order valence-corrected chi connectivity index (χ0v) is 12.1. The Kier molecular flexibility index (Phi) is 3.44. The summed E-state index contributed by atoms with van der Waals surface area (Å²) in [5.41, 5.74) is 9.80. The lowest BCUT2D eigenvalue weighted by molar-refractivity contribution is 0.750. The monoisotopic (exact) mass is 271 g/mol. The first-order chi connectivity index (χ1) is 9.61. The number of aromatic amines is 1. The number of benzene rings is 1. The smallest absolute Gasteiger partial charge is 0.244 e. The Morgan fingerprint density at radius 3 is 2.90 bits per heavy atom. The maximum absolute atomic E-state index is 5.92. The second-order valence-electron chi connectivity index (χ2n) is 5.67. The van der Waals surface area contributed by atoms with Crippen molar-refractivity contribution in [3.05, 3.63) is 40.7 Å². The summed E-state index contributed by atoms with van der Waals surface area (Å²) >= 11 is 0. The zero-order valence-electron chi connectivity index (χ0n) is 12.1. The standard InChI is InChI=1S/C15H21N5/c1-10-3-4-12(7-11(10)2)8-14-17-15(19-18-14)20-6-5-13(16)9-20/h3-4,7,13H,5-6,8-9,16H2,1-2H3,(H,17,18,19). The number of nitrogens with zero attached hydrogens (tertiary/aromatic N) is 3. The third kappa shape index (κ3) is 2.67. The van der Waals surface area contributed by atoms with Crippen molar-refractivity contribution in [3.63, 3.8) is 0 Å². The Morgan fingerprint density at radius 2 is 2.20 bits per heavy atom. The Hall–Kier alpha value is -1.88. The summed E-state index contributed by atoms with van der Waals surface area (Å²) in [6.45, 7) is 6.06. The minimum Gasteiger partial charge on any atom is -0.338 e. The number of nitrogens with two attached hydrogens (primary N) is 1. The third-order valence-corrected chi connectivity index (χ3v) is 3.97. The maximum atomic E-state index is 5.92. The molecule has 1 unspecified atom stereocenters. The molecule has 0 saturated carbocycles. The van der Waals surface area contributed by atoms with Crippen molar-refractivity contribution in [3.8, 4) is 0 Å². The fourth-order valence-corrected chi connectivity index (χ4v) is 2.58. The minimum absolute atomic E-state index is 0.247. The van der Waals surface area contributed by atoms with Crippen molar-refractivity contribution in [2.45, 2.75) is 32.7 Å². The molecule has 0 bridgehead atoms. The van der Waals surface area contributed by atoms with Gasteiger partial charge in [-0.1, -0.05) is 18.2 Å². The second-order valence-corrected chi connectivity index (χ2v) is 5.67. The van der Waals surface area contributed by atoms with E-state index < -0.39 is 0 Å². The van der Waals surface area contributed by atoms with E-state index in [1.54, 1.807) is 0 Å². The molecule has 0 spiro atoms. The topological polar surface area (TPSA) is 70.8 Å². The van der Waals surface area contributed by atoms with Gasteiger partial charge in [0.15, 0.2) is 0 Å². The lowest BCUT2D eigenvalue weighted by Crippen LogP contribution is -2.27. The summed E-state index contributed by atoms with van der Waals surface area (Å²) in [5, 5.41) is 7.34. The molecular formula is C15H21N5. The van der Waals surface area contributed by atoms with Gasteiger partial charge in [0.05, 0.1) is 0 Å². The van der Waals surface area contributed by atoms with E-state index in [2.05, 4.69) is 52.1 Å². The van der Waals surface area contributed by atoms with Gasteiger partial charge in [-0.15, -0.1) is 5.10 Å². The van der Waals surface area contributed by atoms with Crippen LogP contribution in [0.2, 0.25) is 0 Å². The molecule has 106 valence electrons. The lowest BCUT2D eigenvalue weighted by Gasteiger charge is -2.11. The van der Waals surface area contributed by atoms with E-state index in [0.717, 1.165) is 37.7 Å². The molecule has 2 aromatic rings. The van der Waals surface area contributed by atoms with Gasteiger partial charge in [0, 0.05) is 25.6 Å². The number of nitrogens with one attached hydrogen (secondary N) is 1. The summed E-state index contributed by atoms with van der Waals surface area (Å²) in [6, 6.07) is 6.76. The van der Waals surface area contributed by atoms with E-state index in [1.165, 1.54) is 16.7 Å². The van der Waals surface area contributed by atoms with Gasteiger partial charge < -0.3 is 10.6 Å². The average molecular weight is 271 g/mol. The van der Waals surface area contributed by atoms with Crippen molar-refractivity contribution in [1.82, 2.24) is 15.2 Å². The van der Waals surface area contributed by atoms with Crippen LogP contribution in [0.4, 0.5) is 5.95 Å². The van der Waals surface area contributed by atoms with Crippen molar-refractivity contribution < 1.29 is 0 Å². The largest absolute Gasteiger partial charge is 0.338 e. The fourth-order valence-electron chi connectivity index (χ4n) is 2.58. The molecule has 1 aromatic heterocycles. The first-order valence-corrected chi connectivity index (χ1v) is 7.10. The normalized spacial score (nSPS) is 18.8. The summed E-state index contributed by atoms with van der Waals surface area (Å²) in [7, 11) is 0. The Balaban J connectivity index is 1.72. The fraction of sp³-hybridized carbons (Fsp3) is 0.467. The molecule has 0 radical (unpaired) electrons. The summed E-state index contributed by atoms with van der Waals surface area (Å²) < 4.78 is 0. The first kappa shape index (κ1) is 13.1. The molecule has 1 fully saturated rings. The number of hydrogen-bond donors (Lipinski definition) is 2. The predicted octanol–water partition coefficient (Wildman–Crippen LogP) is 1.55. The van der Waals surface area contributed by atoms with Crippen LogP contribution in [-0.2, 0) is 6.42 Å². The highest BCUT2D eigenvalue weighted by Gasteiger charge is 2.22. The lowest BCUT2D eigenvalue weighted by atomic mass is 10.0. The van der Waals surface area contributed by atoms with Gasteiger partial charge in [-0.2, -0.15) is 4.98 Å². The number of aromatic nitrogens is 3. The highest BCUT2D eigenvalue weighted by Crippen LogP contribution is 2.17. The highest BCUT2D eigenvalue weighted by atomic mass is 15.4. The molecule has 2 heterocycles. The van der Waals surface area contributed by atoms with Gasteiger partial charge in [-0.05, 0) is 37.0 Å². The molecule has 20 heavy (non-hydrogen) atoms. The molecule has 0 aliphatic carbocycles. The quantitative estimate of drug-likeness (QED) is 0.888. The van der Waals surface area contributed by atoms with Crippen LogP contribution in [-0.4, -0.2) is 34.3 Å². The van der Waals surface area contributed by atoms with Crippen LogP contribution < -0.4 is 10.6 Å². The molecule has 1 atom stereocenters. The summed E-state index contributed by atoms with van der Waals surface area (Å²) in [5.74, 6) is 1.68. The van der Waals surface area contributed by atoms with E-state index in [1.807, 2.05) is 0 Å². The molecule has 3 rings (SSSR count). The molecule has 1 aliphatic heterocycles. The van der Waals surface area contributed by atoms with Crippen molar-refractivity contribution in [1.29, 1.82) is 0 Å². The van der Waals surface area contributed by atoms with Crippen LogP contribution in [0.3, 0.4) is 0 Å². The summed E-state index contributed by atoms with van der Waals surface area (Å²) in [6.07, 6.45) is 1.80. The Morgan fingerprint density at radius 1 is 1.35 bits per heavy atom. The van der Waals surface area contributed by atoms with E-state index >= 15 is 0 Å². The van der Waals surface area contributed by atoms with Crippen LogP contribution in [0.1, 0.15) is 28.9 Å². The van der Waals surface area contributed by atoms with Crippen LogP contribution in [0, 0.1) is 13.8 Å². The van der Waals surface area contributed by atoms with Gasteiger partial charge >= 0.3 is 0 Å². The van der Waals surface area contributed by atoms with Gasteiger partial charge in [0.25, 0.3) is 0 Å². The molecule has 5 heteroatoms. The van der Waals surface area contributed by atoms with E-state index in [0.29, 0.717) is 0 Å². The molecular weight excluding hydrogens is 250 g/mol. The van der Waals surface area contributed by atoms with Crippen LogP contribution in [0.25, 0.3) is 0 Å². The molecule has 5 nitrogen and oxygen atoms in total. The third-order valence-electron chi connectivity index (χ3n) is 3.97. The maximum Gasteiger partial charge on any atom is 0.244 e. The van der Waals surface area contributed by atoms with Crippen LogP contribution in [0.5, 0.6) is 0 Å². The number of aryl methyl sites for hydroxylation is 2. The highest BCUT2D eigenvalue weighted by molar-refractivity contribution is 5.34. The van der Waals surface area contributed by atoms with Gasteiger partial charge in [-0.3, -0.25) is 5.10 Å². The van der Waals surface area contributed by atoms with E-state index in [4.69, 9.17) is 5.73 Å². The Labute approximate surface area is 119 Å². The molecule has 1 saturated heterocycles. The molecule has 1 aliphatic rings. The molecule has 3 N–H and O–H groups in total. The van der Waals surface area contributed by atoms with Gasteiger partial charge in [0.1, 0.15) is 5.82 Å². The van der Waals surface area contributed by atoms with Gasteiger partial charge in [-0.25, -0.2) is 0 Å². The van der Waals surface area contributed by atoms with Crippen LogP contribution in [0.15, 0.2) is 18.2 Å². The van der Waals surface area contributed by atoms with E-state index in [-0.39, 0.29) is 6.04 Å². The van der Waals surface area contributed by atoms with Crippen molar-refractivity contribution >= 4 is 5.95 Å². The molecule has 1 aromatic carbocycles. The van der Waals surface area contributed by atoms with Crippen LogP contribution >= 0.6 is 0 Å². The number of hydrogen-bond acceptors (Lipinski definition) is 4. The molecule has 0 amide bonds. The zero-order chi connectivity index (χ0) is 14.1. The minimum atomic E-state index is 0.247. The van der Waals surface area contributed by atoms with Crippen molar-refractivity contribution in [2.24, 2.45) is 5.73 Å². The first-order valence-electron chi connectivity index (χ1n) is 7.10. The van der Waals surface area contributed by atoms with E-state index in [9.17, 15) is 0 Å². The average Bonchev–Trinajstić information content (AvgIpc) is 3.03. The number of anilines is 1. The SMILES string of the molecule is Cc1ccc(Cc2nc(N3CCC(N)C3)n[nH]2)cc1C. The predicted molar refractivity (Wildman–Crippen MR) is 79.9 cm³/mol. The number of H-pyrrole nitrogens is 1. The number of rotatable bonds is 3. The van der Waals surface area contributed by atoms with Crippen molar-refractivity contribution in [2.75, 3.05) is 18.0 Å². The van der Waals surface area contributed by atoms with Gasteiger partial charge in [0.2, 0.25) is 5.95 Å². The Bertz CT molecular complexity index is 604. The summed E-state index contributed by atoms with van der Waals surface area (Å²) in [4.78, 5) is 6.72. The second kappa shape index (κ2) is 5.25.